The van der Waals surface area contributed by atoms with Crippen molar-refractivity contribution in [2.45, 2.75) is 84.7 Å². The lowest BCUT2D eigenvalue weighted by Crippen LogP contribution is -2.56. The average molecular weight is 332 g/mol. The predicted octanol–water partition coefficient (Wildman–Crippen LogP) is 4.53. The van der Waals surface area contributed by atoms with Gasteiger partial charge < -0.3 is 4.74 Å². The normalized spacial score (nSPS) is 50.6. The van der Waals surface area contributed by atoms with Crippen molar-refractivity contribution in [3.63, 3.8) is 0 Å². The standard InChI is InChI=1S/C21H32O3/c1-13(22)24-19-8-7-15-14-12-18(23)17-6-4-5-10-20(17,2)16(14)9-11-21(15,19)3/h14-17,19H,4-12H2,1-3H3/t14-,15+,16+,17+,19+,20+,21-/m0/s1. The lowest BCUT2D eigenvalue weighted by molar-refractivity contribution is -0.166. The third-order valence-electron chi connectivity index (χ3n) is 8.59. The fraction of sp³-hybridized carbons (Fsp3) is 0.905. The largest absolute Gasteiger partial charge is 0.462 e. The number of hydrogen-bond donors (Lipinski definition) is 0. The first-order valence-corrected chi connectivity index (χ1v) is 10.1. The maximum Gasteiger partial charge on any atom is 0.302 e. The van der Waals surface area contributed by atoms with Crippen molar-refractivity contribution in [1.29, 1.82) is 0 Å². The van der Waals surface area contributed by atoms with Crippen molar-refractivity contribution in [2.75, 3.05) is 0 Å². The highest BCUT2D eigenvalue weighted by molar-refractivity contribution is 5.83. The quantitative estimate of drug-likeness (QED) is 0.663. The van der Waals surface area contributed by atoms with Crippen LogP contribution in [-0.4, -0.2) is 17.9 Å². The van der Waals surface area contributed by atoms with Gasteiger partial charge in [0.1, 0.15) is 11.9 Å². The first-order chi connectivity index (χ1) is 11.4. The number of Topliss-reactive ketones (excluding diaryl/α,β-unsaturated/α-hetero) is 1. The van der Waals surface area contributed by atoms with Crippen LogP contribution in [0.15, 0.2) is 0 Å². The van der Waals surface area contributed by atoms with E-state index >= 15 is 0 Å². The first-order valence-electron chi connectivity index (χ1n) is 10.1. The zero-order valence-corrected chi connectivity index (χ0v) is 15.5. The molecule has 0 heterocycles. The zero-order valence-electron chi connectivity index (χ0n) is 15.5. The Hall–Kier alpha value is -0.860. The summed E-state index contributed by atoms with van der Waals surface area (Å²) in [6.45, 7) is 6.28. The van der Waals surface area contributed by atoms with E-state index in [1.807, 2.05) is 0 Å². The zero-order chi connectivity index (χ0) is 17.1. The minimum Gasteiger partial charge on any atom is -0.462 e. The highest BCUT2D eigenvalue weighted by Gasteiger charge is 2.62. The second-order valence-corrected chi connectivity index (χ2v) is 9.57. The number of fused-ring (bicyclic) bond motifs is 5. The predicted molar refractivity (Wildman–Crippen MR) is 92.3 cm³/mol. The topological polar surface area (TPSA) is 43.4 Å². The van der Waals surface area contributed by atoms with Gasteiger partial charge in [-0.3, -0.25) is 9.59 Å². The monoisotopic (exact) mass is 332 g/mol. The molecular weight excluding hydrogens is 300 g/mol. The molecule has 0 bridgehead atoms. The van der Waals surface area contributed by atoms with Gasteiger partial charge in [0.05, 0.1) is 0 Å². The van der Waals surface area contributed by atoms with Gasteiger partial charge in [-0.25, -0.2) is 0 Å². The Kier molecular flexibility index (Phi) is 3.85. The molecule has 7 atom stereocenters. The fourth-order valence-electron chi connectivity index (χ4n) is 7.44. The molecule has 0 aromatic rings. The minimum atomic E-state index is -0.150. The third kappa shape index (κ3) is 2.22. The number of carbonyl (C=O) groups is 2. The molecule has 134 valence electrons. The highest BCUT2D eigenvalue weighted by Crippen LogP contribution is 2.65. The van der Waals surface area contributed by atoms with Gasteiger partial charge in [-0.2, -0.15) is 0 Å². The molecule has 3 nitrogen and oxygen atoms in total. The Morgan fingerprint density at radius 2 is 1.75 bits per heavy atom. The van der Waals surface area contributed by atoms with Crippen molar-refractivity contribution in [1.82, 2.24) is 0 Å². The van der Waals surface area contributed by atoms with Gasteiger partial charge in [0.25, 0.3) is 0 Å². The SMILES string of the molecule is CC(=O)O[C@@H]1CC[C@@H]2[C@@H]3CC(=O)[C@H]4CCCC[C@]4(C)[C@@H]3CC[C@@]21C. The van der Waals surface area contributed by atoms with Crippen molar-refractivity contribution in [3.05, 3.63) is 0 Å². The fourth-order valence-corrected chi connectivity index (χ4v) is 7.44. The van der Waals surface area contributed by atoms with Crippen LogP contribution in [0.1, 0.15) is 78.6 Å². The summed E-state index contributed by atoms with van der Waals surface area (Å²) in [4.78, 5) is 24.5. The van der Waals surface area contributed by atoms with E-state index in [0.29, 0.717) is 29.5 Å². The van der Waals surface area contributed by atoms with Gasteiger partial charge in [0, 0.05) is 24.7 Å². The average Bonchev–Trinajstić information content (AvgIpc) is 2.84. The van der Waals surface area contributed by atoms with Crippen LogP contribution in [0, 0.1) is 34.5 Å². The van der Waals surface area contributed by atoms with Crippen LogP contribution in [0.5, 0.6) is 0 Å². The molecule has 4 saturated carbocycles. The molecule has 0 unspecified atom stereocenters. The van der Waals surface area contributed by atoms with Crippen LogP contribution in [0.3, 0.4) is 0 Å². The second kappa shape index (κ2) is 5.57. The Morgan fingerprint density at radius 3 is 2.50 bits per heavy atom. The van der Waals surface area contributed by atoms with Crippen LogP contribution in [-0.2, 0) is 14.3 Å². The molecule has 4 fully saturated rings. The van der Waals surface area contributed by atoms with Gasteiger partial charge in [0.2, 0.25) is 0 Å². The molecule has 0 N–H and O–H groups in total. The summed E-state index contributed by atoms with van der Waals surface area (Å²) in [5.41, 5.74) is 0.323. The lowest BCUT2D eigenvalue weighted by Gasteiger charge is -2.59. The summed E-state index contributed by atoms with van der Waals surface area (Å²) < 4.78 is 5.70. The van der Waals surface area contributed by atoms with E-state index in [-0.39, 0.29) is 22.9 Å². The summed E-state index contributed by atoms with van der Waals surface area (Å²) in [5.74, 6) is 2.50. The molecule has 3 heteroatoms. The van der Waals surface area contributed by atoms with Gasteiger partial charge in [0.15, 0.2) is 0 Å². The minimum absolute atomic E-state index is 0.0629. The van der Waals surface area contributed by atoms with Crippen LogP contribution in [0.4, 0.5) is 0 Å². The van der Waals surface area contributed by atoms with Crippen molar-refractivity contribution < 1.29 is 14.3 Å². The second-order valence-electron chi connectivity index (χ2n) is 9.57. The van der Waals surface area contributed by atoms with Crippen LogP contribution >= 0.6 is 0 Å². The Labute approximate surface area is 145 Å². The molecule has 4 aliphatic rings. The Bertz CT molecular complexity index is 555. The molecule has 4 aliphatic carbocycles. The van der Waals surface area contributed by atoms with Gasteiger partial charge >= 0.3 is 5.97 Å². The van der Waals surface area contributed by atoms with E-state index in [9.17, 15) is 9.59 Å². The number of carbonyl (C=O) groups excluding carboxylic acids is 2. The number of hydrogen-bond acceptors (Lipinski definition) is 3. The van der Waals surface area contributed by atoms with E-state index < -0.39 is 0 Å². The molecule has 4 rings (SSSR count). The molecule has 0 spiro atoms. The highest BCUT2D eigenvalue weighted by atomic mass is 16.5. The van der Waals surface area contributed by atoms with Crippen LogP contribution in [0.2, 0.25) is 0 Å². The number of esters is 1. The summed E-state index contributed by atoms with van der Waals surface area (Å²) in [7, 11) is 0. The lowest BCUT2D eigenvalue weighted by atomic mass is 9.45. The van der Waals surface area contributed by atoms with Crippen molar-refractivity contribution in [2.24, 2.45) is 34.5 Å². The smallest absolute Gasteiger partial charge is 0.302 e. The van der Waals surface area contributed by atoms with Crippen molar-refractivity contribution in [3.8, 4) is 0 Å². The van der Waals surface area contributed by atoms with Gasteiger partial charge in [-0.15, -0.1) is 0 Å². The third-order valence-corrected chi connectivity index (χ3v) is 8.59. The maximum atomic E-state index is 13.0. The summed E-state index contributed by atoms with van der Waals surface area (Å²) in [6.07, 6.45) is 10.2. The molecule has 0 aliphatic heterocycles. The van der Waals surface area contributed by atoms with E-state index in [1.54, 1.807) is 0 Å². The first kappa shape index (κ1) is 16.6. The molecule has 0 radical (unpaired) electrons. The number of ether oxygens (including phenoxy) is 1. The molecular formula is C21H32O3. The van der Waals surface area contributed by atoms with Crippen LogP contribution in [0.25, 0.3) is 0 Å². The molecule has 0 saturated heterocycles. The van der Waals surface area contributed by atoms with E-state index in [1.165, 1.54) is 32.6 Å². The van der Waals surface area contributed by atoms with Gasteiger partial charge in [-0.1, -0.05) is 26.7 Å². The maximum absolute atomic E-state index is 13.0. The summed E-state index contributed by atoms with van der Waals surface area (Å²) >= 11 is 0. The van der Waals surface area contributed by atoms with E-state index in [4.69, 9.17) is 4.74 Å². The summed E-state index contributed by atoms with van der Waals surface area (Å²) in [5, 5.41) is 0. The van der Waals surface area contributed by atoms with E-state index in [0.717, 1.165) is 32.1 Å². The summed E-state index contributed by atoms with van der Waals surface area (Å²) in [6, 6.07) is 0. The molecule has 0 aromatic heterocycles. The van der Waals surface area contributed by atoms with Crippen molar-refractivity contribution >= 4 is 11.8 Å². The number of rotatable bonds is 1. The van der Waals surface area contributed by atoms with E-state index in [2.05, 4.69) is 13.8 Å². The Balaban J connectivity index is 1.63. The van der Waals surface area contributed by atoms with Gasteiger partial charge in [-0.05, 0) is 61.7 Å². The van der Waals surface area contributed by atoms with Crippen LogP contribution < -0.4 is 0 Å². The molecule has 0 aromatic carbocycles. The Morgan fingerprint density at radius 1 is 1.00 bits per heavy atom. The number of ketones is 1. The molecule has 24 heavy (non-hydrogen) atoms. The molecule has 0 amide bonds.